The molecule has 3 nitrogen and oxygen atoms in total. The summed E-state index contributed by atoms with van der Waals surface area (Å²) in [5.74, 6) is -0.298. The van der Waals surface area contributed by atoms with Crippen LogP contribution in [0, 0.1) is 5.82 Å². The second kappa shape index (κ2) is 5.30. The van der Waals surface area contributed by atoms with Gasteiger partial charge >= 0.3 is 0 Å². The van der Waals surface area contributed by atoms with Crippen LogP contribution >= 0.6 is 11.3 Å². The maximum absolute atomic E-state index is 13.6. The van der Waals surface area contributed by atoms with Gasteiger partial charge in [0.25, 0.3) is 0 Å². The molecule has 20 heavy (non-hydrogen) atoms. The van der Waals surface area contributed by atoms with Crippen LogP contribution in [0.1, 0.15) is 0 Å². The zero-order valence-electron chi connectivity index (χ0n) is 10.5. The van der Waals surface area contributed by atoms with Crippen molar-refractivity contribution >= 4 is 27.8 Å². The minimum absolute atomic E-state index is 0.298. The van der Waals surface area contributed by atoms with Crippen molar-refractivity contribution in [1.29, 1.82) is 0 Å². The Morgan fingerprint density at radius 3 is 2.75 bits per heavy atom. The molecule has 0 fully saturated rings. The Hall–Kier alpha value is -2.40. The average molecular weight is 285 g/mol. The molecule has 0 aliphatic carbocycles. The highest BCUT2D eigenvalue weighted by atomic mass is 32.1. The average Bonchev–Trinajstić information content (AvgIpc) is 2.90. The molecule has 0 unspecified atom stereocenters. The maximum atomic E-state index is 13.6. The van der Waals surface area contributed by atoms with Gasteiger partial charge in [-0.2, -0.15) is 0 Å². The molecule has 3 N–H and O–H groups in total. The van der Waals surface area contributed by atoms with Crippen LogP contribution in [0.15, 0.2) is 53.9 Å². The number of hydrogen-bond acceptors (Lipinski definition) is 4. The van der Waals surface area contributed by atoms with E-state index in [4.69, 9.17) is 5.73 Å². The molecule has 1 heterocycles. The number of rotatable bonds is 3. The molecule has 1 aromatic heterocycles. The summed E-state index contributed by atoms with van der Waals surface area (Å²) >= 11 is 1.42. The van der Waals surface area contributed by atoms with Gasteiger partial charge in [0.2, 0.25) is 0 Å². The van der Waals surface area contributed by atoms with E-state index in [2.05, 4.69) is 10.3 Å². The lowest BCUT2D eigenvalue weighted by molar-refractivity contribution is 0.632. The highest BCUT2D eigenvalue weighted by molar-refractivity contribution is 7.14. The summed E-state index contributed by atoms with van der Waals surface area (Å²) in [4.78, 5) is 4.44. The van der Waals surface area contributed by atoms with E-state index in [1.54, 1.807) is 18.2 Å². The van der Waals surface area contributed by atoms with Crippen molar-refractivity contribution in [3.8, 4) is 11.3 Å². The Bertz CT molecular complexity index is 739. The molecule has 0 aliphatic rings. The third-order valence-corrected chi connectivity index (χ3v) is 3.56. The number of nitrogen functional groups attached to an aromatic ring is 1. The highest BCUT2D eigenvalue weighted by Gasteiger charge is 2.07. The smallest absolute Gasteiger partial charge is 0.187 e. The molecule has 0 spiro atoms. The predicted octanol–water partition coefficient (Wildman–Crippen LogP) is 4.28. The fraction of sp³-hybridized carbons (Fsp3) is 0. The Balaban J connectivity index is 1.86. The van der Waals surface area contributed by atoms with Crippen LogP contribution in [-0.2, 0) is 0 Å². The van der Waals surface area contributed by atoms with Crippen LogP contribution in [0.3, 0.4) is 0 Å². The number of hydrogen-bond donors (Lipinski definition) is 2. The van der Waals surface area contributed by atoms with Crippen molar-refractivity contribution in [3.63, 3.8) is 0 Å². The lowest BCUT2D eigenvalue weighted by Crippen LogP contribution is -1.92. The molecule has 100 valence electrons. The molecule has 5 heteroatoms. The SMILES string of the molecule is Nc1cccc(-c2csc(Nc3ccccc3F)n2)c1. The normalized spacial score (nSPS) is 10.4. The molecule has 0 atom stereocenters. The number of nitrogens with zero attached hydrogens (tertiary/aromatic N) is 1. The van der Waals surface area contributed by atoms with Gasteiger partial charge in [-0.15, -0.1) is 11.3 Å². The lowest BCUT2D eigenvalue weighted by Gasteiger charge is -2.03. The monoisotopic (exact) mass is 285 g/mol. The van der Waals surface area contributed by atoms with Crippen molar-refractivity contribution in [2.24, 2.45) is 0 Å². The lowest BCUT2D eigenvalue weighted by atomic mass is 10.1. The number of aromatic nitrogens is 1. The van der Waals surface area contributed by atoms with Crippen LogP contribution in [0.5, 0.6) is 0 Å². The van der Waals surface area contributed by atoms with E-state index in [-0.39, 0.29) is 5.82 Å². The summed E-state index contributed by atoms with van der Waals surface area (Å²) in [6.45, 7) is 0. The molecule has 0 bridgehead atoms. The van der Waals surface area contributed by atoms with Crippen LogP contribution in [0.4, 0.5) is 20.9 Å². The first-order chi connectivity index (χ1) is 9.72. The Kier molecular flexibility index (Phi) is 3.35. The largest absolute Gasteiger partial charge is 0.399 e. The van der Waals surface area contributed by atoms with Gasteiger partial charge in [-0.3, -0.25) is 0 Å². The van der Waals surface area contributed by atoms with Crippen molar-refractivity contribution in [2.45, 2.75) is 0 Å². The zero-order chi connectivity index (χ0) is 13.9. The summed E-state index contributed by atoms with van der Waals surface area (Å²) in [6.07, 6.45) is 0. The van der Waals surface area contributed by atoms with E-state index in [9.17, 15) is 4.39 Å². The van der Waals surface area contributed by atoms with Gasteiger partial charge in [0.05, 0.1) is 11.4 Å². The molecule has 0 saturated carbocycles. The third-order valence-electron chi connectivity index (χ3n) is 2.80. The molecule has 0 radical (unpaired) electrons. The minimum Gasteiger partial charge on any atom is -0.399 e. The van der Waals surface area contributed by atoms with E-state index in [1.807, 2.05) is 29.6 Å². The Labute approximate surface area is 119 Å². The minimum atomic E-state index is -0.298. The molecule has 0 amide bonds. The first-order valence-corrected chi connectivity index (χ1v) is 6.93. The van der Waals surface area contributed by atoms with Crippen LogP contribution in [0.25, 0.3) is 11.3 Å². The van der Waals surface area contributed by atoms with E-state index in [0.29, 0.717) is 16.5 Å². The van der Waals surface area contributed by atoms with Crippen LogP contribution in [-0.4, -0.2) is 4.98 Å². The number of anilines is 3. The van der Waals surface area contributed by atoms with Gasteiger partial charge in [-0.25, -0.2) is 9.37 Å². The highest BCUT2D eigenvalue weighted by Crippen LogP contribution is 2.28. The van der Waals surface area contributed by atoms with Crippen LogP contribution < -0.4 is 11.1 Å². The summed E-state index contributed by atoms with van der Waals surface area (Å²) in [5, 5.41) is 5.54. The predicted molar refractivity (Wildman–Crippen MR) is 81.6 cm³/mol. The van der Waals surface area contributed by atoms with Gasteiger partial charge in [0.1, 0.15) is 5.82 Å². The molecule has 3 aromatic rings. The van der Waals surface area contributed by atoms with Crippen molar-refractivity contribution in [1.82, 2.24) is 4.98 Å². The number of halogens is 1. The second-order valence-corrected chi connectivity index (χ2v) is 5.13. The molecule has 0 aliphatic heterocycles. The van der Waals surface area contributed by atoms with Gasteiger partial charge < -0.3 is 11.1 Å². The molecular weight excluding hydrogens is 273 g/mol. The summed E-state index contributed by atoms with van der Waals surface area (Å²) in [7, 11) is 0. The standard InChI is InChI=1S/C15H12FN3S/c16-12-6-1-2-7-13(12)18-15-19-14(9-20-15)10-4-3-5-11(17)8-10/h1-9H,17H2,(H,18,19). The maximum Gasteiger partial charge on any atom is 0.187 e. The van der Waals surface area contributed by atoms with Gasteiger partial charge in [-0.05, 0) is 24.3 Å². The van der Waals surface area contributed by atoms with Crippen molar-refractivity contribution < 1.29 is 4.39 Å². The van der Waals surface area contributed by atoms with Crippen LogP contribution in [0.2, 0.25) is 0 Å². The summed E-state index contributed by atoms with van der Waals surface area (Å²) in [5.41, 5.74) is 8.64. The molecule has 3 rings (SSSR count). The summed E-state index contributed by atoms with van der Waals surface area (Å²) in [6, 6.07) is 14.0. The molecule has 2 aromatic carbocycles. The van der Waals surface area contributed by atoms with E-state index < -0.39 is 0 Å². The second-order valence-electron chi connectivity index (χ2n) is 4.27. The van der Waals surface area contributed by atoms with Gasteiger partial charge in [-0.1, -0.05) is 24.3 Å². The first kappa shape index (κ1) is 12.6. The van der Waals surface area contributed by atoms with Gasteiger partial charge in [0.15, 0.2) is 5.13 Å². The quantitative estimate of drug-likeness (QED) is 0.706. The summed E-state index contributed by atoms with van der Waals surface area (Å²) < 4.78 is 13.6. The number of thiazole rings is 1. The number of para-hydroxylation sites is 1. The zero-order valence-corrected chi connectivity index (χ0v) is 11.3. The third kappa shape index (κ3) is 2.62. The van der Waals surface area contributed by atoms with E-state index >= 15 is 0 Å². The topological polar surface area (TPSA) is 50.9 Å². The molecule has 0 saturated heterocycles. The van der Waals surface area contributed by atoms with Crippen molar-refractivity contribution in [3.05, 3.63) is 59.7 Å². The fourth-order valence-electron chi connectivity index (χ4n) is 1.84. The van der Waals surface area contributed by atoms with E-state index in [1.165, 1.54) is 17.4 Å². The first-order valence-electron chi connectivity index (χ1n) is 6.05. The van der Waals surface area contributed by atoms with E-state index in [0.717, 1.165) is 11.3 Å². The number of nitrogens with two attached hydrogens (primary N) is 1. The Morgan fingerprint density at radius 2 is 1.95 bits per heavy atom. The van der Waals surface area contributed by atoms with Gasteiger partial charge in [0, 0.05) is 16.6 Å². The molecular formula is C15H12FN3S. The Morgan fingerprint density at radius 1 is 1.10 bits per heavy atom. The number of nitrogens with one attached hydrogen (secondary N) is 1. The fourth-order valence-corrected chi connectivity index (χ4v) is 2.57. The number of benzene rings is 2. The van der Waals surface area contributed by atoms with Crippen molar-refractivity contribution in [2.75, 3.05) is 11.1 Å².